The Labute approximate surface area is 194 Å². The van der Waals surface area contributed by atoms with Gasteiger partial charge in [0, 0.05) is 43.7 Å². The summed E-state index contributed by atoms with van der Waals surface area (Å²) in [4.78, 5) is 17.8. The Hall–Kier alpha value is -2.50. The Morgan fingerprint density at radius 3 is 2.53 bits per heavy atom. The molecule has 1 aliphatic rings. The van der Waals surface area contributed by atoms with Gasteiger partial charge in [0.1, 0.15) is 5.82 Å². The molecule has 0 aliphatic carbocycles. The van der Waals surface area contributed by atoms with Gasteiger partial charge in [0.05, 0.1) is 0 Å². The first kappa shape index (κ1) is 22.7. The van der Waals surface area contributed by atoms with E-state index in [0.717, 1.165) is 19.6 Å². The van der Waals surface area contributed by atoms with Crippen LogP contribution in [0.1, 0.15) is 46.8 Å². The third-order valence-corrected chi connectivity index (χ3v) is 7.23. The van der Waals surface area contributed by atoms with Crippen molar-refractivity contribution in [3.8, 4) is 0 Å². The first-order valence-corrected chi connectivity index (χ1v) is 12.2. The van der Waals surface area contributed by atoms with Gasteiger partial charge in [-0.25, -0.2) is 4.39 Å². The third-order valence-electron chi connectivity index (χ3n) is 6.50. The lowest BCUT2D eigenvalue weighted by Crippen LogP contribution is -2.42. The number of nitrogens with zero attached hydrogens (tertiary/aromatic N) is 2. The lowest BCUT2D eigenvalue weighted by molar-refractivity contribution is 0.0668. The Morgan fingerprint density at radius 2 is 1.88 bits per heavy atom. The number of amides is 1. The van der Waals surface area contributed by atoms with E-state index < -0.39 is 0 Å². The van der Waals surface area contributed by atoms with Crippen LogP contribution in [0.3, 0.4) is 0 Å². The third kappa shape index (κ3) is 5.11. The molecule has 0 unspecified atom stereocenters. The van der Waals surface area contributed by atoms with Crippen molar-refractivity contribution in [2.75, 3.05) is 19.6 Å². The maximum atomic E-state index is 13.4. The van der Waals surface area contributed by atoms with Gasteiger partial charge in [-0.2, -0.15) is 11.3 Å². The van der Waals surface area contributed by atoms with Crippen molar-refractivity contribution < 1.29 is 9.18 Å². The van der Waals surface area contributed by atoms with Crippen LogP contribution < -0.4 is 0 Å². The molecule has 2 atom stereocenters. The van der Waals surface area contributed by atoms with Crippen molar-refractivity contribution in [3.05, 3.63) is 93.4 Å². The van der Waals surface area contributed by atoms with Crippen molar-refractivity contribution in [2.24, 2.45) is 5.92 Å². The number of carbonyl (C=O) groups excluding carboxylic acids is 1. The van der Waals surface area contributed by atoms with Gasteiger partial charge in [0.25, 0.3) is 5.91 Å². The van der Waals surface area contributed by atoms with E-state index in [1.165, 1.54) is 28.8 Å². The molecule has 1 fully saturated rings. The minimum absolute atomic E-state index is 0.0279. The normalized spacial score (nSPS) is 18.9. The van der Waals surface area contributed by atoms with Crippen LogP contribution in [0.4, 0.5) is 4.39 Å². The zero-order valence-electron chi connectivity index (χ0n) is 19.0. The standard InChI is InChI=1S/C27H31FN2OS/c1-19(2)30(27(31)22-8-10-24(28)11-9-22)16-23-15-29(14-21-12-13-32-18-21)17-26(23)25-7-5-4-6-20(25)3/h4-13,18-19,23,26H,14-17H2,1-3H3/t23-,26-/m1/s1. The van der Waals surface area contributed by atoms with Crippen LogP contribution in [0.5, 0.6) is 0 Å². The van der Waals surface area contributed by atoms with E-state index in [1.54, 1.807) is 23.5 Å². The zero-order chi connectivity index (χ0) is 22.7. The summed E-state index contributed by atoms with van der Waals surface area (Å²) in [6.45, 7) is 9.86. The fourth-order valence-electron chi connectivity index (χ4n) is 4.81. The summed E-state index contributed by atoms with van der Waals surface area (Å²) in [5.41, 5.74) is 4.58. The summed E-state index contributed by atoms with van der Waals surface area (Å²) in [5.74, 6) is 0.357. The summed E-state index contributed by atoms with van der Waals surface area (Å²) in [5, 5.41) is 4.35. The van der Waals surface area contributed by atoms with Gasteiger partial charge in [0.2, 0.25) is 0 Å². The van der Waals surface area contributed by atoms with Crippen LogP contribution in [0.25, 0.3) is 0 Å². The molecular formula is C27H31FN2OS. The summed E-state index contributed by atoms with van der Waals surface area (Å²) in [6.07, 6.45) is 0. The number of rotatable bonds is 7. The second-order valence-corrected chi connectivity index (χ2v) is 9.89. The monoisotopic (exact) mass is 450 g/mol. The number of carbonyl (C=O) groups is 1. The predicted octanol–water partition coefficient (Wildman–Crippen LogP) is 5.96. The minimum atomic E-state index is -0.322. The Kier molecular flexibility index (Phi) is 7.07. The second-order valence-electron chi connectivity index (χ2n) is 9.11. The van der Waals surface area contributed by atoms with Crippen molar-refractivity contribution in [1.29, 1.82) is 0 Å². The van der Waals surface area contributed by atoms with E-state index in [9.17, 15) is 9.18 Å². The van der Waals surface area contributed by atoms with E-state index in [1.807, 2.05) is 4.90 Å². The molecule has 2 heterocycles. The van der Waals surface area contributed by atoms with Crippen LogP contribution in [-0.2, 0) is 6.54 Å². The maximum Gasteiger partial charge on any atom is 0.254 e. The Morgan fingerprint density at radius 1 is 1.12 bits per heavy atom. The molecule has 0 N–H and O–H groups in total. The molecule has 2 aromatic carbocycles. The van der Waals surface area contributed by atoms with E-state index in [0.29, 0.717) is 23.9 Å². The number of halogens is 1. The molecule has 1 amide bonds. The summed E-state index contributed by atoms with van der Waals surface area (Å²) in [6, 6.07) is 16.8. The van der Waals surface area contributed by atoms with Crippen molar-refractivity contribution in [1.82, 2.24) is 9.80 Å². The highest BCUT2D eigenvalue weighted by Gasteiger charge is 2.37. The number of hydrogen-bond donors (Lipinski definition) is 0. The summed E-state index contributed by atoms with van der Waals surface area (Å²) in [7, 11) is 0. The van der Waals surface area contributed by atoms with E-state index in [2.05, 4.69) is 66.8 Å². The SMILES string of the molecule is Cc1ccccc1[C@@H]1CN(Cc2ccsc2)C[C@@H]1CN(C(=O)c1ccc(F)cc1)C(C)C. The molecule has 1 aliphatic heterocycles. The highest BCUT2D eigenvalue weighted by molar-refractivity contribution is 7.07. The molecule has 32 heavy (non-hydrogen) atoms. The summed E-state index contributed by atoms with van der Waals surface area (Å²) >= 11 is 1.73. The molecule has 3 nitrogen and oxygen atoms in total. The molecule has 0 spiro atoms. The molecule has 168 valence electrons. The van der Waals surface area contributed by atoms with Gasteiger partial charge in [0.15, 0.2) is 0 Å². The molecular weight excluding hydrogens is 419 g/mol. The first-order chi connectivity index (χ1) is 15.4. The van der Waals surface area contributed by atoms with Gasteiger partial charge in [-0.3, -0.25) is 9.69 Å². The first-order valence-electron chi connectivity index (χ1n) is 11.3. The molecule has 1 aromatic heterocycles. The topological polar surface area (TPSA) is 23.6 Å². The van der Waals surface area contributed by atoms with Crippen LogP contribution >= 0.6 is 11.3 Å². The molecule has 0 saturated carbocycles. The average Bonchev–Trinajstić information content (AvgIpc) is 3.42. The average molecular weight is 451 g/mol. The fraction of sp³-hybridized carbons (Fsp3) is 0.370. The molecule has 4 rings (SSSR count). The van der Waals surface area contributed by atoms with Gasteiger partial charge < -0.3 is 4.90 Å². The number of hydrogen-bond acceptors (Lipinski definition) is 3. The van der Waals surface area contributed by atoms with Crippen LogP contribution in [-0.4, -0.2) is 41.4 Å². The van der Waals surface area contributed by atoms with Gasteiger partial charge in [-0.05, 0) is 84.5 Å². The van der Waals surface area contributed by atoms with E-state index >= 15 is 0 Å². The molecule has 0 bridgehead atoms. The lowest BCUT2D eigenvalue weighted by atomic mass is 9.86. The van der Waals surface area contributed by atoms with Crippen LogP contribution in [0.2, 0.25) is 0 Å². The number of thiophene rings is 1. The van der Waals surface area contributed by atoms with Gasteiger partial charge in [-0.1, -0.05) is 24.3 Å². The summed E-state index contributed by atoms with van der Waals surface area (Å²) < 4.78 is 13.4. The van der Waals surface area contributed by atoms with Crippen LogP contribution in [0.15, 0.2) is 65.4 Å². The van der Waals surface area contributed by atoms with Crippen molar-refractivity contribution in [3.63, 3.8) is 0 Å². The molecule has 1 saturated heterocycles. The quantitative estimate of drug-likeness (QED) is 0.443. The molecule has 5 heteroatoms. The fourth-order valence-corrected chi connectivity index (χ4v) is 5.47. The minimum Gasteiger partial charge on any atom is -0.336 e. The lowest BCUT2D eigenvalue weighted by Gasteiger charge is -2.32. The Bertz CT molecular complexity index is 1030. The van der Waals surface area contributed by atoms with Crippen molar-refractivity contribution in [2.45, 2.75) is 39.3 Å². The van der Waals surface area contributed by atoms with E-state index in [-0.39, 0.29) is 17.8 Å². The number of aryl methyl sites for hydroxylation is 1. The predicted molar refractivity (Wildman–Crippen MR) is 130 cm³/mol. The van der Waals surface area contributed by atoms with Crippen molar-refractivity contribution >= 4 is 17.2 Å². The highest BCUT2D eigenvalue weighted by atomic mass is 32.1. The molecule has 0 radical (unpaired) electrons. The van der Waals surface area contributed by atoms with Crippen LogP contribution in [0, 0.1) is 18.7 Å². The zero-order valence-corrected chi connectivity index (χ0v) is 19.8. The smallest absolute Gasteiger partial charge is 0.254 e. The maximum absolute atomic E-state index is 13.4. The Balaban J connectivity index is 1.58. The largest absolute Gasteiger partial charge is 0.336 e. The van der Waals surface area contributed by atoms with Gasteiger partial charge >= 0.3 is 0 Å². The number of benzene rings is 2. The highest BCUT2D eigenvalue weighted by Crippen LogP contribution is 2.36. The second kappa shape index (κ2) is 9.97. The van der Waals surface area contributed by atoms with Gasteiger partial charge in [-0.15, -0.1) is 0 Å². The number of likely N-dealkylation sites (tertiary alicyclic amines) is 1. The van der Waals surface area contributed by atoms with E-state index in [4.69, 9.17) is 0 Å². The molecule has 3 aromatic rings.